The number of likely N-dealkylation sites (tertiary alicyclic amines) is 1. The maximum atomic E-state index is 12.7. The van der Waals surface area contributed by atoms with Gasteiger partial charge in [-0.3, -0.25) is 4.79 Å². The van der Waals surface area contributed by atoms with Crippen LogP contribution in [0, 0.1) is 5.92 Å². The number of piperidine rings is 1. The molecule has 2 N–H and O–H groups in total. The number of hydrogen-bond acceptors (Lipinski definition) is 4. The smallest absolute Gasteiger partial charge is 0.232 e. The topological polar surface area (TPSA) is 51.0 Å². The third kappa shape index (κ3) is 3.22. The number of ether oxygens (including phenoxy) is 1. The summed E-state index contributed by atoms with van der Waals surface area (Å²) in [6.45, 7) is 5.16. The van der Waals surface area contributed by atoms with Crippen molar-refractivity contribution in [3.05, 3.63) is 51.4 Å². The number of phenolic OH excluding ortho intramolecular Hbond substituents is 1. The summed E-state index contributed by atoms with van der Waals surface area (Å²) in [5.41, 5.74) is 1.31. The minimum absolute atomic E-state index is 0.105. The lowest BCUT2D eigenvalue weighted by atomic mass is 9.99. The van der Waals surface area contributed by atoms with Gasteiger partial charge in [-0.2, -0.15) is 0 Å². The van der Waals surface area contributed by atoms with Crippen LogP contribution in [0.5, 0.6) is 11.5 Å². The zero-order chi connectivity index (χ0) is 17.4. The van der Waals surface area contributed by atoms with Crippen LogP contribution in [-0.4, -0.2) is 24.0 Å². The molecule has 0 aliphatic carbocycles. The Morgan fingerprint density at radius 2 is 2.28 bits per heavy atom. The van der Waals surface area contributed by atoms with E-state index in [4.69, 9.17) is 4.74 Å². The Morgan fingerprint density at radius 1 is 1.40 bits per heavy atom. The largest absolute Gasteiger partial charge is 0.507 e. The molecule has 0 bridgehead atoms. The number of thiophene rings is 1. The van der Waals surface area contributed by atoms with Crippen LogP contribution >= 0.6 is 11.3 Å². The Labute approximate surface area is 151 Å². The number of quaternary nitrogens is 1. The van der Waals surface area contributed by atoms with Crippen LogP contribution in [0.25, 0.3) is 6.08 Å². The van der Waals surface area contributed by atoms with E-state index in [0.29, 0.717) is 29.5 Å². The van der Waals surface area contributed by atoms with Gasteiger partial charge in [0.2, 0.25) is 5.78 Å². The molecule has 0 saturated carbocycles. The zero-order valence-corrected chi connectivity index (χ0v) is 15.1. The van der Waals surface area contributed by atoms with E-state index in [1.807, 2.05) is 17.5 Å². The third-order valence-electron chi connectivity index (χ3n) is 5.02. The molecule has 3 heterocycles. The Kier molecular flexibility index (Phi) is 4.36. The number of phenols is 1. The first-order chi connectivity index (χ1) is 12.1. The first-order valence-corrected chi connectivity index (χ1v) is 9.66. The van der Waals surface area contributed by atoms with Gasteiger partial charge in [0.25, 0.3) is 0 Å². The molecule has 4 nitrogen and oxygen atoms in total. The minimum atomic E-state index is -0.105. The number of ketones is 1. The fourth-order valence-electron chi connectivity index (χ4n) is 3.78. The van der Waals surface area contributed by atoms with Crippen molar-refractivity contribution in [1.29, 1.82) is 0 Å². The molecule has 1 aromatic heterocycles. The number of nitrogens with one attached hydrogen (secondary N) is 1. The third-order valence-corrected chi connectivity index (χ3v) is 5.84. The number of carbonyl (C=O) groups is 1. The first kappa shape index (κ1) is 16.4. The van der Waals surface area contributed by atoms with Crippen molar-refractivity contribution in [2.75, 3.05) is 13.1 Å². The van der Waals surface area contributed by atoms with E-state index in [1.165, 1.54) is 17.7 Å². The first-order valence-electron chi connectivity index (χ1n) is 8.78. The highest BCUT2D eigenvalue weighted by atomic mass is 32.1. The Morgan fingerprint density at radius 3 is 3.04 bits per heavy atom. The number of allylic oxidation sites excluding steroid dienone is 1. The predicted molar refractivity (Wildman–Crippen MR) is 98.2 cm³/mol. The normalized spacial score (nSPS) is 24.4. The monoisotopic (exact) mass is 356 g/mol. The molecule has 4 rings (SSSR count). The quantitative estimate of drug-likeness (QED) is 0.832. The van der Waals surface area contributed by atoms with E-state index in [0.717, 1.165) is 23.5 Å². The van der Waals surface area contributed by atoms with E-state index in [2.05, 4.69) is 6.92 Å². The van der Waals surface area contributed by atoms with Crippen molar-refractivity contribution in [1.82, 2.24) is 0 Å². The lowest BCUT2D eigenvalue weighted by Crippen LogP contribution is -3.12. The molecule has 2 aromatic rings. The number of carbonyl (C=O) groups excluding carboxylic acids is 1. The molecule has 2 aliphatic rings. The van der Waals surface area contributed by atoms with Crippen LogP contribution in [0.1, 0.15) is 40.6 Å². The number of hydrogen-bond donors (Lipinski definition) is 2. The summed E-state index contributed by atoms with van der Waals surface area (Å²) < 4.78 is 5.92. The summed E-state index contributed by atoms with van der Waals surface area (Å²) in [7, 11) is 0. The van der Waals surface area contributed by atoms with Gasteiger partial charge >= 0.3 is 0 Å². The second-order valence-electron chi connectivity index (χ2n) is 7.02. The average molecular weight is 356 g/mol. The second-order valence-corrected chi connectivity index (χ2v) is 8.00. The van der Waals surface area contributed by atoms with Crippen LogP contribution in [0.3, 0.4) is 0 Å². The van der Waals surface area contributed by atoms with Crippen LogP contribution in [-0.2, 0) is 6.54 Å². The molecule has 2 atom stereocenters. The predicted octanol–water partition coefficient (Wildman–Crippen LogP) is 2.88. The van der Waals surface area contributed by atoms with Crippen LogP contribution in [0.15, 0.2) is 35.4 Å². The van der Waals surface area contributed by atoms with E-state index in [1.54, 1.807) is 29.5 Å². The molecule has 0 radical (unpaired) electrons. The van der Waals surface area contributed by atoms with Crippen molar-refractivity contribution in [3.8, 4) is 11.5 Å². The number of Topliss-reactive ketones (excluding diaryl/α,β-unsaturated/α-hetero) is 1. The van der Waals surface area contributed by atoms with Crippen molar-refractivity contribution in [2.24, 2.45) is 5.92 Å². The average Bonchev–Trinajstić information content (AvgIpc) is 3.20. The Balaban J connectivity index is 1.64. The number of benzene rings is 1. The van der Waals surface area contributed by atoms with E-state index < -0.39 is 0 Å². The van der Waals surface area contributed by atoms with Gasteiger partial charge in [0, 0.05) is 16.9 Å². The lowest BCUT2D eigenvalue weighted by molar-refractivity contribution is -0.922. The molecule has 2 aliphatic heterocycles. The molecule has 130 valence electrons. The summed E-state index contributed by atoms with van der Waals surface area (Å²) in [5.74, 6) is 1.69. The van der Waals surface area contributed by atoms with Gasteiger partial charge in [0.1, 0.15) is 12.3 Å². The lowest BCUT2D eigenvalue weighted by Gasteiger charge is -2.28. The second kappa shape index (κ2) is 6.65. The van der Waals surface area contributed by atoms with Gasteiger partial charge in [0.05, 0.1) is 24.2 Å². The summed E-state index contributed by atoms with van der Waals surface area (Å²) in [6.07, 6.45) is 4.25. The van der Waals surface area contributed by atoms with Gasteiger partial charge in [0.15, 0.2) is 11.5 Å². The molecule has 1 unspecified atom stereocenters. The van der Waals surface area contributed by atoms with Gasteiger partial charge < -0.3 is 14.7 Å². The number of rotatable bonds is 3. The van der Waals surface area contributed by atoms with E-state index in [9.17, 15) is 9.90 Å². The van der Waals surface area contributed by atoms with E-state index in [-0.39, 0.29) is 11.5 Å². The van der Waals surface area contributed by atoms with Gasteiger partial charge in [-0.15, -0.1) is 11.3 Å². The molecule has 25 heavy (non-hydrogen) atoms. The molecule has 0 spiro atoms. The van der Waals surface area contributed by atoms with Crippen molar-refractivity contribution in [2.45, 2.75) is 26.3 Å². The number of aromatic hydroxyl groups is 1. The fourth-order valence-corrected chi connectivity index (χ4v) is 4.42. The summed E-state index contributed by atoms with van der Waals surface area (Å²) in [6, 6.07) is 7.19. The van der Waals surface area contributed by atoms with Gasteiger partial charge in [-0.25, -0.2) is 0 Å². The molecule has 1 saturated heterocycles. The van der Waals surface area contributed by atoms with Gasteiger partial charge in [-0.1, -0.05) is 13.0 Å². The molecule has 5 heteroatoms. The molecular weight excluding hydrogens is 334 g/mol. The Hall–Kier alpha value is -2.11. The highest BCUT2D eigenvalue weighted by Crippen LogP contribution is 2.39. The van der Waals surface area contributed by atoms with Crippen molar-refractivity contribution >= 4 is 23.2 Å². The maximum absolute atomic E-state index is 12.7. The molecule has 0 amide bonds. The Bertz CT molecular complexity index is 826. The summed E-state index contributed by atoms with van der Waals surface area (Å²) >= 11 is 1.56. The van der Waals surface area contributed by atoms with Crippen molar-refractivity contribution in [3.63, 3.8) is 0 Å². The summed E-state index contributed by atoms with van der Waals surface area (Å²) in [4.78, 5) is 15.1. The summed E-state index contributed by atoms with van der Waals surface area (Å²) in [5, 5.41) is 12.3. The highest BCUT2D eigenvalue weighted by molar-refractivity contribution is 7.10. The van der Waals surface area contributed by atoms with Crippen LogP contribution in [0.4, 0.5) is 0 Å². The van der Waals surface area contributed by atoms with Crippen LogP contribution < -0.4 is 9.64 Å². The maximum Gasteiger partial charge on any atom is 0.232 e. The number of fused-ring (bicyclic) bond motifs is 1. The molecule has 1 fully saturated rings. The van der Waals surface area contributed by atoms with Crippen molar-refractivity contribution < 1.29 is 19.5 Å². The molecular formula is C20H22NO3S+. The standard InChI is InChI=1S/C20H21NO3S/c1-13-4-2-8-21(11-13)12-16-17(22)7-6-15-19(23)18(24-20(15)16)10-14-5-3-9-25-14/h3,5-7,9-10,13,22H,2,4,8,11-12H2,1H3/p+1/b18-10-/t13-/m0/s1. The van der Waals surface area contributed by atoms with Crippen LogP contribution in [0.2, 0.25) is 0 Å². The SMILES string of the molecule is C[C@H]1CCC[NH+](Cc2c(O)ccc3c2O/C(=C\c2cccs2)C3=O)C1. The van der Waals surface area contributed by atoms with E-state index >= 15 is 0 Å². The van der Waals surface area contributed by atoms with Gasteiger partial charge in [-0.05, 0) is 36.4 Å². The highest BCUT2D eigenvalue weighted by Gasteiger charge is 2.33. The fraction of sp³-hybridized carbons (Fsp3) is 0.350. The zero-order valence-electron chi connectivity index (χ0n) is 14.2. The minimum Gasteiger partial charge on any atom is -0.507 e. The molecule has 1 aromatic carbocycles.